The lowest BCUT2D eigenvalue weighted by Gasteiger charge is -2.18. The van der Waals surface area contributed by atoms with Gasteiger partial charge in [0.25, 0.3) is 0 Å². The molecule has 0 N–H and O–H groups in total. The molecular formula is C10H18OS. The molecule has 0 aliphatic carbocycles. The van der Waals surface area contributed by atoms with E-state index in [4.69, 9.17) is 0 Å². The van der Waals surface area contributed by atoms with Crippen molar-refractivity contribution in [2.24, 2.45) is 5.41 Å². The first kappa shape index (κ1) is 10.1. The molecule has 1 saturated heterocycles. The number of rotatable bonds is 2. The summed E-state index contributed by atoms with van der Waals surface area (Å²) in [6, 6.07) is 0. The van der Waals surface area contributed by atoms with Crippen molar-refractivity contribution < 1.29 is 4.79 Å². The van der Waals surface area contributed by atoms with Crippen LogP contribution in [0, 0.1) is 5.41 Å². The van der Waals surface area contributed by atoms with Crippen molar-refractivity contribution in [3.63, 3.8) is 0 Å². The van der Waals surface area contributed by atoms with Crippen LogP contribution in [0.15, 0.2) is 0 Å². The summed E-state index contributed by atoms with van der Waals surface area (Å²) in [5.41, 5.74) is -0.136. The molecule has 1 nitrogen and oxygen atoms in total. The molecule has 0 aromatic rings. The summed E-state index contributed by atoms with van der Waals surface area (Å²) in [5.74, 6) is 1.67. The molecule has 0 aromatic heterocycles. The number of ketones is 1. The summed E-state index contributed by atoms with van der Waals surface area (Å²) in [7, 11) is 0. The standard InChI is InChI=1S/C10H18OS/c1-10(2,3)9(11)7-8-5-4-6-12-8/h8H,4-7H2,1-3H3. The summed E-state index contributed by atoms with van der Waals surface area (Å²) in [6.07, 6.45) is 3.33. The largest absolute Gasteiger partial charge is 0.299 e. The van der Waals surface area contributed by atoms with E-state index < -0.39 is 0 Å². The van der Waals surface area contributed by atoms with E-state index in [2.05, 4.69) is 0 Å². The van der Waals surface area contributed by atoms with Gasteiger partial charge in [-0.25, -0.2) is 0 Å². The molecule has 0 aromatic carbocycles. The van der Waals surface area contributed by atoms with Crippen molar-refractivity contribution in [1.29, 1.82) is 0 Å². The lowest BCUT2D eigenvalue weighted by molar-refractivity contribution is -0.126. The number of Topliss-reactive ketones (excluding diaryl/α,β-unsaturated/α-hetero) is 1. The van der Waals surface area contributed by atoms with Gasteiger partial charge in [0.05, 0.1) is 0 Å². The van der Waals surface area contributed by atoms with Crippen LogP contribution in [0.4, 0.5) is 0 Å². The SMILES string of the molecule is CC(C)(C)C(=O)CC1CCCS1. The van der Waals surface area contributed by atoms with Gasteiger partial charge in [-0.1, -0.05) is 20.8 Å². The van der Waals surface area contributed by atoms with Gasteiger partial charge in [-0.3, -0.25) is 4.79 Å². The highest BCUT2D eigenvalue weighted by atomic mass is 32.2. The predicted molar refractivity (Wildman–Crippen MR) is 54.6 cm³/mol. The molecule has 1 heterocycles. The Morgan fingerprint density at radius 3 is 2.58 bits per heavy atom. The third-order valence-corrected chi connectivity index (χ3v) is 3.67. The third kappa shape index (κ3) is 2.81. The van der Waals surface area contributed by atoms with Gasteiger partial charge in [0.2, 0.25) is 0 Å². The van der Waals surface area contributed by atoms with Gasteiger partial charge in [-0.2, -0.15) is 11.8 Å². The number of hydrogen-bond donors (Lipinski definition) is 0. The molecule has 1 rings (SSSR count). The van der Waals surface area contributed by atoms with Gasteiger partial charge in [0.1, 0.15) is 5.78 Å². The van der Waals surface area contributed by atoms with Crippen LogP contribution in [-0.2, 0) is 4.79 Å². The zero-order valence-corrected chi connectivity index (χ0v) is 9.04. The quantitative estimate of drug-likeness (QED) is 0.659. The Bertz CT molecular complexity index is 163. The van der Waals surface area contributed by atoms with E-state index in [0.717, 1.165) is 6.42 Å². The fourth-order valence-electron chi connectivity index (χ4n) is 1.32. The Balaban J connectivity index is 2.35. The van der Waals surface area contributed by atoms with Crippen LogP contribution >= 0.6 is 11.8 Å². The molecule has 0 spiro atoms. The fourth-order valence-corrected chi connectivity index (χ4v) is 2.59. The second-order valence-corrected chi connectivity index (χ2v) is 5.92. The minimum Gasteiger partial charge on any atom is -0.299 e. The number of carbonyl (C=O) groups excluding carboxylic acids is 1. The Hall–Kier alpha value is 0.0200. The summed E-state index contributed by atoms with van der Waals surface area (Å²) in [6.45, 7) is 6.03. The molecule has 12 heavy (non-hydrogen) atoms. The van der Waals surface area contributed by atoms with Crippen molar-refractivity contribution in [2.75, 3.05) is 5.75 Å². The van der Waals surface area contributed by atoms with Gasteiger partial charge in [-0.05, 0) is 18.6 Å². The molecule has 1 unspecified atom stereocenters. The van der Waals surface area contributed by atoms with E-state index >= 15 is 0 Å². The van der Waals surface area contributed by atoms with E-state index in [1.165, 1.54) is 18.6 Å². The number of thioether (sulfide) groups is 1. The Morgan fingerprint density at radius 2 is 2.17 bits per heavy atom. The lowest BCUT2D eigenvalue weighted by Crippen LogP contribution is -2.23. The fraction of sp³-hybridized carbons (Fsp3) is 0.900. The Labute approximate surface area is 79.3 Å². The van der Waals surface area contributed by atoms with Crippen LogP contribution in [0.5, 0.6) is 0 Å². The molecule has 1 aliphatic heterocycles. The van der Waals surface area contributed by atoms with Gasteiger partial charge in [0, 0.05) is 17.1 Å². The highest BCUT2D eigenvalue weighted by molar-refractivity contribution is 8.00. The molecule has 2 heteroatoms. The molecule has 1 atom stereocenters. The lowest BCUT2D eigenvalue weighted by atomic mass is 9.88. The highest BCUT2D eigenvalue weighted by Gasteiger charge is 2.26. The van der Waals surface area contributed by atoms with Crippen LogP contribution < -0.4 is 0 Å². The highest BCUT2D eigenvalue weighted by Crippen LogP contribution is 2.31. The van der Waals surface area contributed by atoms with E-state index in [1.54, 1.807) is 0 Å². The molecule has 70 valence electrons. The first-order valence-corrected chi connectivity index (χ1v) is 5.70. The maximum Gasteiger partial charge on any atom is 0.139 e. The van der Waals surface area contributed by atoms with E-state index in [1.807, 2.05) is 32.5 Å². The van der Waals surface area contributed by atoms with Crippen LogP contribution in [0.3, 0.4) is 0 Å². The Morgan fingerprint density at radius 1 is 1.50 bits per heavy atom. The number of carbonyl (C=O) groups is 1. The van der Waals surface area contributed by atoms with E-state index in [9.17, 15) is 4.79 Å². The van der Waals surface area contributed by atoms with Gasteiger partial charge < -0.3 is 0 Å². The summed E-state index contributed by atoms with van der Waals surface area (Å²) >= 11 is 1.97. The average molecular weight is 186 g/mol. The predicted octanol–water partition coefficient (Wildman–Crippen LogP) is 2.89. The molecule has 1 fully saturated rings. The minimum atomic E-state index is -0.136. The van der Waals surface area contributed by atoms with E-state index in [0.29, 0.717) is 11.0 Å². The van der Waals surface area contributed by atoms with Crippen LogP contribution in [0.25, 0.3) is 0 Å². The number of hydrogen-bond acceptors (Lipinski definition) is 2. The second-order valence-electron chi connectivity index (χ2n) is 4.51. The average Bonchev–Trinajstić information content (AvgIpc) is 2.37. The smallest absolute Gasteiger partial charge is 0.139 e. The van der Waals surface area contributed by atoms with E-state index in [-0.39, 0.29) is 5.41 Å². The van der Waals surface area contributed by atoms with Gasteiger partial charge in [-0.15, -0.1) is 0 Å². The minimum absolute atomic E-state index is 0.136. The molecule has 0 saturated carbocycles. The van der Waals surface area contributed by atoms with Crippen molar-refractivity contribution in [3.8, 4) is 0 Å². The zero-order chi connectivity index (χ0) is 9.19. The van der Waals surface area contributed by atoms with Crippen LogP contribution in [0.2, 0.25) is 0 Å². The summed E-state index contributed by atoms with van der Waals surface area (Å²) < 4.78 is 0. The van der Waals surface area contributed by atoms with Crippen molar-refractivity contribution >= 4 is 17.5 Å². The zero-order valence-electron chi connectivity index (χ0n) is 8.22. The maximum absolute atomic E-state index is 11.6. The maximum atomic E-state index is 11.6. The third-order valence-electron chi connectivity index (χ3n) is 2.27. The first-order valence-electron chi connectivity index (χ1n) is 4.65. The molecule has 0 bridgehead atoms. The molecular weight excluding hydrogens is 168 g/mol. The molecule has 0 amide bonds. The summed E-state index contributed by atoms with van der Waals surface area (Å²) in [4.78, 5) is 11.6. The van der Waals surface area contributed by atoms with Crippen LogP contribution in [-0.4, -0.2) is 16.8 Å². The van der Waals surface area contributed by atoms with Crippen molar-refractivity contribution in [1.82, 2.24) is 0 Å². The summed E-state index contributed by atoms with van der Waals surface area (Å²) in [5, 5.41) is 0.622. The second kappa shape index (κ2) is 3.82. The monoisotopic (exact) mass is 186 g/mol. The molecule has 1 aliphatic rings. The normalized spacial score (nSPS) is 24.4. The van der Waals surface area contributed by atoms with Crippen molar-refractivity contribution in [3.05, 3.63) is 0 Å². The van der Waals surface area contributed by atoms with Gasteiger partial charge >= 0.3 is 0 Å². The van der Waals surface area contributed by atoms with Crippen LogP contribution in [0.1, 0.15) is 40.0 Å². The topological polar surface area (TPSA) is 17.1 Å². The first-order chi connectivity index (χ1) is 5.50. The van der Waals surface area contributed by atoms with Gasteiger partial charge in [0.15, 0.2) is 0 Å². The Kier molecular flexibility index (Phi) is 3.22. The van der Waals surface area contributed by atoms with Crippen molar-refractivity contribution in [2.45, 2.75) is 45.3 Å². The molecule has 0 radical (unpaired) electrons.